The van der Waals surface area contributed by atoms with E-state index >= 15 is 0 Å². The molecule has 0 unspecified atom stereocenters. The Bertz CT molecular complexity index is 585. The first-order valence-electron chi connectivity index (χ1n) is 5.10. The van der Waals surface area contributed by atoms with Crippen LogP contribution in [0.25, 0.3) is 0 Å². The van der Waals surface area contributed by atoms with Gasteiger partial charge in [0, 0.05) is 18.0 Å². The number of methoxy groups -OCH3 is 1. The van der Waals surface area contributed by atoms with Gasteiger partial charge in [0.05, 0.1) is 12.7 Å². The molecule has 0 saturated carbocycles. The number of rotatable bonds is 3. The average Bonchev–Trinajstić information content (AvgIpc) is 2.97. The molecule has 2 aromatic heterocycles. The molecule has 0 fully saturated rings. The molecule has 0 aromatic carbocycles. The number of imidazole rings is 1. The molecule has 0 atom stereocenters. The Balaban J connectivity index is 2.09. The number of H-pyrrole nitrogens is 1. The van der Waals surface area contributed by atoms with Crippen LogP contribution in [0.2, 0.25) is 0 Å². The Hall–Kier alpha value is -2.57. The Kier molecular flexibility index (Phi) is 3.13. The van der Waals surface area contributed by atoms with Crippen LogP contribution in [0.5, 0.6) is 0 Å². The number of carbonyl (C=O) groups is 2. The monoisotopic (exact) mass is 249 g/mol. The molecule has 7 nitrogen and oxygen atoms in total. The third-order valence-corrected chi connectivity index (χ3v) is 2.18. The van der Waals surface area contributed by atoms with Crippen LogP contribution in [0.15, 0.2) is 22.9 Å². The van der Waals surface area contributed by atoms with Gasteiger partial charge >= 0.3 is 5.97 Å². The summed E-state index contributed by atoms with van der Waals surface area (Å²) in [7, 11) is 1.25. The maximum absolute atomic E-state index is 11.7. The summed E-state index contributed by atoms with van der Waals surface area (Å²) in [6.45, 7) is 1.81. The molecular weight excluding hydrogens is 238 g/mol. The number of aryl methyl sites for hydroxylation is 1. The van der Waals surface area contributed by atoms with Crippen molar-refractivity contribution in [3.63, 3.8) is 0 Å². The highest BCUT2D eigenvalue weighted by Gasteiger charge is 2.16. The van der Waals surface area contributed by atoms with Gasteiger partial charge in [-0.15, -0.1) is 0 Å². The number of esters is 1. The van der Waals surface area contributed by atoms with Gasteiger partial charge < -0.3 is 14.1 Å². The molecule has 18 heavy (non-hydrogen) atoms. The predicted octanol–water partition coefficient (Wildman–Crippen LogP) is 1.35. The summed E-state index contributed by atoms with van der Waals surface area (Å²) < 4.78 is 9.48. The van der Waals surface area contributed by atoms with E-state index in [2.05, 4.69) is 20.0 Å². The van der Waals surface area contributed by atoms with E-state index in [-0.39, 0.29) is 11.3 Å². The Morgan fingerprint density at radius 3 is 2.89 bits per heavy atom. The first kappa shape index (κ1) is 11.9. The van der Waals surface area contributed by atoms with Crippen molar-refractivity contribution in [3.05, 3.63) is 35.5 Å². The number of nitrogens with zero attached hydrogens (tertiary/aromatic N) is 1. The van der Waals surface area contributed by atoms with Gasteiger partial charge in [0.2, 0.25) is 5.95 Å². The van der Waals surface area contributed by atoms with Crippen molar-refractivity contribution in [1.29, 1.82) is 0 Å². The molecule has 7 heteroatoms. The molecule has 94 valence electrons. The number of anilines is 1. The molecular formula is C11H11N3O4. The molecule has 2 rings (SSSR count). The summed E-state index contributed by atoms with van der Waals surface area (Å²) in [5.74, 6) is -0.746. The number of hydrogen-bond acceptors (Lipinski definition) is 5. The van der Waals surface area contributed by atoms with Gasteiger partial charge in [0.15, 0.2) is 5.76 Å². The predicted molar refractivity (Wildman–Crippen MR) is 61.3 cm³/mol. The van der Waals surface area contributed by atoms with E-state index in [1.54, 1.807) is 6.20 Å². The number of ether oxygens (including phenoxy) is 1. The third-order valence-electron chi connectivity index (χ3n) is 2.18. The number of furan rings is 1. The van der Waals surface area contributed by atoms with Crippen LogP contribution in [-0.2, 0) is 4.74 Å². The normalized spacial score (nSPS) is 10.1. The van der Waals surface area contributed by atoms with Crippen LogP contribution in [0, 0.1) is 6.92 Å². The summed E-state index contributed by atoms with van der Waals surface area (Å²) in [4.78, 5) is 29.7. The zero-order valence-corrected chi connectivity index (χ0v) is 9.81. The zero-order chi connectivity index (χ0) is 13.1. The molecule has 0 aliphatic carbocycles. The highest BCUT2D eigenvalue weighted by atomic mass is 16.5. The van der Waals surface area contributed by atoms with Gasteiger partial charge in [-0.3, -0.25) is 10.1 Å². The van der Waals surface area contributed by atoms with Crippen molar-refractivity contribution in [3.8, 4) is 0 Å². The molecule has 0 aliphatic heterocycles. The largest absolute Gasteiger partial charge is 0.465 e. The summed E-state index contributed by atoms with van der Waals surface area (Å²) in [6, 6.07) is 1.30. The first-order chi connectivity index (χ1) is 8.60. The fraction of sp³-hybridized carbons (Fsp3) is 0.182. The summed E-state index contributed by atoms with van der Waals surface area (Å²) in [5.41, 5.74) is 0.998. The topological polar surface area (TPSA) is 97.2 Å². The fourth-order valence-corrected chi connectivity index (χ4v) is 1.33. The van der Waals surface area contributed by atoms with Gasteiger partial charge in [0.1, 0.15) is 6.26 Å². The van der Waals surface area contributed by atoms with Gasteiger partial charge in [-0.05, 0) is 6.92 Å². The first-order valence-corrected chi connectivity index (χ1v) is 5.10. The molecule has 0 spiro atoms. The van der Waals surface area contributed by atoms with E-state index in [9.17, 15) is 9.59 Å². The van der Waals surface area contributed by atoms with Crippen LogP contribution < -0.4 is 5.32 Å². The fourth-order valence-electron chi connectivity index (χ4n) is 1.33. The summed E-state index contributed by atoms with van der Waals surface area (Å²) in [5, 5.41) is 2.50. The molecule has 2 aromatic rings. The Morgan fingerprint density at radius 1 is 1.50 bits per heavy atom. The quantitative estimate of drug-likeness (QED) is 0.800. The van der Waals surface area contributed by atoms with Gasteiger partial charge in [-0.2, -0.15) is 0 Å². The maximum Gasteiger partial charge on any atom is 0.341 e. The minimum absolute atomic E-state index is 0.00412. The van der Waals surface area contributed by atoms with Crippen molar-refractivity contribution in [2.45, 2.75) is 6.92 Å². The van der Waals surface area contributed by atoms with Crippen LogP contribution in [0.1, 0.15) is 26.6 Å². The van der Waals surface area contributed by atoms with Crippen LogP contribution >= 0.6 is 0 Å². The lowest BCUT2D eigenvalue weighted by molar-refractivity contribution is 0.0600. The lowest BCUT2D eigenvalue weighted by Gasteiger charge is -1.97. The average molecular weight is 249 g/mol. The minimum atomic E-state index is -0.563. The molecule has 2 N–H and O–H groups in total. The van der Waals surface area contributed by atoms with Crippen LogP contribution in [0.4, 0.5) is 5.95 Å². The number of hydrogen-bond donors (Lipinski definition) is 2. The summed E-state index contributed by atoms with van der Waals surface area (Å²) in [6.07, 6.45) is 2.74. The van der Waals surface area contributed by atoms with E-state index < -0.39 is 11.9 Å². The van der Waals surface area contributed by atoms with Gasteiger partial charge in [-0.25, -0.2) is 9.78 Å². The standard InChI is InChI=1S/C11H11N3O4/c1-6-4-12-11(13-6)14-9(15)8-3-7(5-18-8)10(16)17-2/h3-5H,1-2H3,(H2,12,13,14,15). The second-order valence-electron chi connectivity index (χ2n) is 3.56. The van der Waals surface area contributed by atoms with E-state index in [4.69, 9.17) is 4.42 Å². The lowest BCUT2D eigenvalue weighted by Crippen LogP contribution is -2.12. The number of aromatic nitrogens is 2. The number of aromatic amines is 1. The SMILES string of the molecule is COC(=O)c1coc(C(=O)Nc2ncc(C)[nH]2)c1. The van der Waals surface area contributed by atoms with Crippen molar-refractivity contribution in [2.75, 3.05) is 12.4 Å². The van der Waals surface area contributed by atoms with Crippen LogP contribution in [0.3, 0.4) is 0 Å². The van der Waals surface area contributed by atoms with Crippen molar-refractivity contribution < 1.29 is 18.7 Å². The van der Waals surface area contributed by atoms with Crippen LogP contribution in [-0.4, -0.2) is 29.0 Å². The zero-order valence-electron chi connectivity index (χ0n) is 9.81. The summed E-state index contributed by atoms with van der Waals surface area (Å²) >= 11 is 0. The second-order valence-corrected chi connectivity index (χ2v) is 3.56. The van der Waals surface area contributed by atoms with Crippen molar-refractivity contribution >= 4 is 17.8 Å². The van der Waals surface area contributed by atoms with E-state index in [0.717, 1.165) is 12.0 Å². The highest BCUT2D eigenvalue weighted by molar-refractivity contribution is 6.02. The number of nitrogens with one attached hydrogen (secondary N) is 2. The maximum atomic E-state index is 11.7. The number of amides is 1. The molecule has 2 heterocycles. The molecule has 0 saturated heterocycles. The van der Waals surface area contributed by atoms with E-state index in [1.165, 1.54) is 13.2 Å². The van der Waals surface area contributed by atoms with E-state index in [1.807, 2.05) is 6.92 Å². The van der Waals surface area contributed by atoms with Gasteiger partial charge in [-0.1, -0.05) is 0 Å². The second kappa shape index (κ2) is 4.74. The molecule has 0 radical (unpaired) electrons. The smallest absolute Gasteiger partial charge is 0.341 e. The third kappa shape index (κ3) is 2.40. The van der Waals surface area contributed by atoms with Gasteiger partial charge in [0.25, 0.3) is 5.91 Å². The highest BCUT2D eigenvalue weighted by Crippen LogP contribution is 2.11. The van der Waals surface area contributed by atoms with E-state index in [0.29, 0.717) is 5.95 Å². The number of carbonyl (C=O) groups excluding carboxylic acids is 2. The Morgan fingerprint density at radius 2 is 2.28 bits per heavy atom. The minimum Gasteiger partial charge on any atom is -0.465 e. The molecule has 1 amide bonds. The van der Waals surface area contributed by atoms with Crippen molar-refractivity contribution in [1.82, 2.24) is 9.97 Å². The Labute approximate surface area is 102 Å². The van der Waals surface area contributed by atoms with Crippen molar-refractivity contribution in [2.24, 2.45) is 0 Å². The lowest BCUT2D eigenvalue weighted by atomic mass is 10.3. The molecule has 0 aliphatic rings. The molecule has 0 bridgehead atoms.